The van der Waals surface area contributed by atoms with Crippen molar-refractivity contribution in [1.29, 1.82) is 0 Å². The Morgan fingerprint density at radius 3 is 2.60 bits per heavy atom. The number of aromatic nitrogens is 3. The summed E-state index contributed by atoms with van der Waals surface area (Å²) in [5, 5.41) is 5.93. The number of likely N-dealkylation sites (N-methyl/N-ethyl adjacent to an activating group) is 1. The van der Waals surface area contributed by atoms with Gasteiger partial charge in [0.1, 0.15) is 11.3 Å². The first-order chi connectivity index (χ1) is 14.4. The molecule has 3 aromatic rings. The molecule has 0 bridgehead atoms. The van der Waals surface area contributed by atoms with Gasteiger partial charge in [-0.3, -0.25) is 14.6 Å². The van der Waals surface area contributed by atoms with Crippen LogP contribution in [0.5, 0.6) is 11.6 Å². The number of carbonyl (C=O) groups is 1. The van der Waals surface area contributed by atoms with E-state index in [1.165, 1.54) is 6.20 Å². The van der Waals surface area contributed by atoms with Gasteiger partial charge in [-0.1, -0.05) is 18.2 Å². The zero-order valence-electron chi connectivity index (χ0n) is 16.7. The molecule has 0 fully saturated rings. The van der Waals surface area contributed by atoms with Crippen LogP contribution in [-0.2, 0) is 0 Å². The second-order valence-electron chi connectivity index (χ2n) is 6.66. The maximum Gasteiger partial charge on any atom is 0.267 e. The summed E-state index contributed by atoms with van der Waals surface area (Å²) >= 11 is 0. The van der Waals surface area contributed by atoms with Gasteiger partial charge in [-0.25, -0.2) is 4.98 Å². The number of pyridine rings is 1. The average Bonchev–Trinajstić information content (AvgIpc) is 2.69. The summed E-state index contributed by atoms with van der Waals surface area (Å²) in [6.45, 7) is 1.29. The van der Waals surface area contributed by atoms with Crippen molar-refractivity contribution in [2.24, 2.45) is 5.73 Å². The first kappa shape index (κ1) is 20.8. The molecular weight excluding hydrogens is 386 g/mol. The van der Waals surface area contributed by atoms with Crippen molar-refractivity contribution in [3.63, 3.8) is 0 Å². The van der Waals surface area contributed by atoms with Crippen LogP contribution in [0.3, 0.4) is 0 Å². The second-order valence-corrected chi connectivity index (χ2v) is 6.66. The molecule has 10 nitrogen and oxygen atoms in total. The van der Waals surface area contributed by atoms with E-state index in [9.17, 15) is 9.59 Å². The first-order valence-corrected chi connectivity index (χ1v) is 9.21. The SMILES string of the molecule is CN(C)CCNc1nc(Nc2ccc(Oc3ccccc3)nc2)c(C(N)=O)c(=O)[nH]1. The van der Waals surface area contributed by atoms with E-state index in [0.29, 0.717) is 23.9 Å². The summed E-state index contributed by atoms with van der Waals surface area (Å²) in [6.07, 6.45) is 1.51. The lowest BCUT2D eigenvalue weighted by molar-refractivity contribution is 0.0999. The third-order valence-electron chi connectivity index (χ3n) is 3.98. The van der Waals surface area contributed by atoms with Gasteiger partial charge < -0.3 is 26.0 Å². The fourth-order valence-electron chi connectivity index (χ4n) is 2.53. The van der Waals surface area contributed by atoms with Crippen molar-refractivity contribution in [3.8, 4) is 11.6 Å². The van der Waals surface area contributed by atoms with Crippen LogP contribution >= 0.6 is 0 Å². The Hall–Kier alpha value is -3.92. The Kier molecular flexibility index (Phi) is 6.60. The maximum absolute atomic E-state index is 12.3. The van der Waals surface area contributed by atoms with Crippen molar-refractivity contribution >= 4 is 23.4 Å². The monoisotopic (exact) mass is 409 g/mol. The first-order valence-electron chi connectivity index (χ1n) is 9.21. The number of anilines is 3. The third-order valence-corrected chi connectivity index (χ3v) is 3.98. The maximum atomic E-state index is 12.3. The molecule has 1 aromatic carbocycles. The van der Waals surface area contributed by atoms with Crippen LogP contribution in [0.25, 0.3) is 0 Å². The van der Waals surface area contributed by atoms with E-state index in [1.807, 2.05) is 49.3 Å². The number of carbonyl (C=O) groups excluding carboxylic acids is 1. The van der Waals surface area contributed by atoms with Gasteiger partial charge in [-0.15, -0.1) is 0 Å². The van der Waals surface area contributed by atoms with Crippen LogP contribution < -0.4 is 26.7 Å². The standard InChI is InChI=1S/C20H23N7O3/c1-27(2)11-10-22-20-25-18(16(17(21)28)19(29)26-20)24-13-8-9-15(23-12-13)30-14-6-4-3-5-7-14/h3-9,12H,10-11H2,1-2H3,(H2,21,28)(H3,22,24,25,26,29). The zero-order chi connectivity index (χ0) is 21.5. The summed E-state index contributed by atoms with van der Waals surface area (Å²) in [5.74, 6) is 0.435. The predicted molar refractivity (Wildman–Crippen MR) is 114 cm³/mol. The fraction of sp³-hybridized carbons (Fsp3) is 0.200. The van der Waals surface area contributed by atoms with Gasteiger partial charge >= 0.3 is 0 Å². The highest BCUT2D eigenvalue weighted by molar-refractivity contribution is 5.98. The highest BCUT2D eigenvalue weighted by Crippen LogP contribution is 2.22. The largest absolute Gasteiger partial charge is 0.439 e. The molecule has 30 heavy (non-hydrogen) atoms. The zero-order valence-corrected chi connectivity index (χ0v) is 16.7. The summed E-state index contributed by atoms with van der Waals surface area (Å²) < 4.78 is 5.65. The summed E-state index contributed by atoms with van der Waals surface area (Å²) in [5.41, 5.74) is 4.98. The number of para-hydroxylation sites is 1. The molecule has 0 radical (unpaired) electrons. The molecule has 0 spiro atoms. The Morgan fingerprint density at radius 1 is 1.20 bits per heavy atom. The topological polar surface area (TPSA) is 138 Å². The molecule has 10 heteroatoms. The van der Waals surface area contributed by atoms with Crippen LogP contribution in [0.4, 0.5) is 17.5 Å². The molecule has 3 rings (SSSR count). The lowest BCUT2D eigenvalue weighted by atomic mass is 10.2. The summed E-state index contributed by atoms with van der Waals surface area (Å²) in [6, 6.07) is 12.6. The highest BCUT2D eigenvalue weighted by atomic mass is 16.5. The van der Waals surface area contributed by atoms with Gasteiger partial charge in [-0.2, -0.15) is 4.98 Å². The van der Waals surface area contributed by atoms with Crippen LogP contribution in [-0.4, -0.2) is 52.9 Å². The number of nitrogens with one attached hydrogen (secondary N) is 3. The normalized spacial score (nSPS) is 10.6. The number of aromatic amines is 1. The van der Waals surface area contributed by atoms with E-state index in [4.69, 9.17) is 10.5 Å². The molecule has 2 heterocycles. The van der Waals surface area contributed by atoms with Crippen molar-refractivity contribution in [2.45, 2.75) is 0 Å². The Balaban J connectivity index is 1.79. The van der Waals surface area contributed by atoms with Gasteiger partial charge in [-0.05, 0) is 32.3 Å². The van der Waals surface area contributed by atoms with Gasteiger partial charge in [0.2, 0.25) is 11.8 Å². The number of H-pyrrole nitrogens is 1. The number of nitrogens with two attached hydrogens (primary N) is 1. The number of ether oxygens (including phenoxy) is 1. The molecule has 0 aliphatic rings. The molecule has 0 saturated heterocycles. The molecule has 0 atom stereocenters. The highest BCUT2D eigenvalue weighted by Gasteiger charge is 2.17. The molecule has 0 aliphatic heterocycles. The van der Waals surface area contributed by atoms with Crippen molar-refractivity contribution in [3.05, 3.63) is 64.6 Å². The number of hydrogen-bond acceptors (Lipinski definition) is 8. The van der Waals surface area contributed by atoms with E-state index in [1.54, 1.807) is 12.1 Å². The van der Waals surface area contributed by atoms with E-state index >= 15 is 0 Å². The van der Waals surface area contributed by atoms with Gasteiger partial charge in [0.15, 0.2) is 5.82 Å². The quantitative estimate of drug-likeness (QED) is 0.419. The third kappa shape index (κ3) is 5.55. The van der Waals surface area contributed by atoms with Crippen LogP contribution in [0.1, 0.15) is 10.4 Å². The number of hydrogen-bond donors (Lipinski definition) is 4. The van der Waals surface area contributed by atoms with Gasteiger partial charge in [0, 0.05) is 19.2 Å². The van der Waals surface area contributed by atoms with E-state index in [0.717, 1.165) is 6.54 Å². The molecule has 1 amide bonds. The molecule has 5 N–H and O–H groups in total. The summed E-state index contributed by atoms with van der Waals surface area (Å²) in [7, 11) is 3.86. The van der Waals surface area contributed by atoms with Crippen molar-refractivity contribution in [2.75, 3.05) is 37.8 Å². The number of benzene rings is 1. The molecule has 0 saturated carbocycles. The fourth-order valence-corrected chi connectivity index (χ4v) is 2.53. The lowest BCUT2D eigenvalue weighted by Gasteiger charge is -2.13. The molecule has 156 valence electrons. The van der Waals surface area contributed by atoms with Gasteiger partial charge in [0.05, 0.1) is 11.9 Å². The minimum atomic E-state index is -0.886. The van der Waals surface area contributed by atoms with Crippen LogP contribution in [0, 0.1) is 0 Å². The van der Waals surface area contributed by atoms with Crippen LogP contribution in [0.15, 0.2) is 53.5 Å². The second kappa shape index (κ2) is 9.52. The molecule has 2 aromatic heterocycles. The number of primary amides is 1. The number of amides is 1. The number of nitrogens with zero attached hydrogens (tertiary/aromatic N) is 3. The Morgan fingerprint density at radius 2 is 1.97 bits per heavy atom. The van der Waals surface area contributed by atoms with Crippen molar-refractivity contribution < 1.29 is 9.53 Å². The summed E-state index contributed by atoms with van der Waals surface area (Å²) in [4.78, 5) is 37.1. The van der Waals surface area contributed by atoms with Crippen LogP contribution in [0.2, 0.25) is 0 Å². The predicted octanol–water partition coefficient (Wildman–Crippen LogP) is 1.77. The minimum absolute atomic E-state index is 0.0390. The molecule has 0 unspecified atom stereocenters. The number of rotatable bonds is 9. The smallest absolute Gasteiger partial charge is 0.267 e. The Bertz CT molecular complexity index is 1050. The average molecular weight is 409 g/mol. The van der Waals surface area contributed by atoms with E-state index in [2.05, 4.69) is 25.6 Å². The Labute approximate surface area is 173 Å². The lowest BCUT2D eigenvalue weighted by Crippen LogP contribution is -2.28. The minimum Gasteiger partial charge on any atom is -0.439 e. The van der Waals surface area contributed by atoms with Crippen molar-refractivity contribution in [1.82, 2.24) is 19.9 Å². The van der Waals surface area contributed by atoms with Gasteiger partial charge in [0.25, 0.3) is 11.5 Å². The molecule has 0 aliphatic carbocycles. The van der Waals surface area contributed by atoms with E-state index in [-0.39, 0.29) is 17.3 Å². The van der Waals surface area contributed by atoms with E-state index < -0.39 is 11.5 Å². The molecular formula is C20H23N7O3.